The molecule has 0 bridgehead atoms. The van der Waals surface area contributed by atoms with Gasteiger partial charge in [0.2, 0.25) is 0 Å². The summed E-state index contributed by atoms with van der Waals surface area (Å²) in [6, 6.07) is 24.9. The highest BCUT2D eigenvalue weighted by atomic mass is 79.9. The molecule has 3 aromatic carbocycles. The lowest BCUT2D eigenvalue weighted by Crippen LogP contribution is -2.54. The zero-order valence-electron chi connectivity index (χ0n) is 16.9. The van der Waals surface area contributed by atoms with E-state index in [4.69, 9.17) is 16.6 Å². The van der Waals surface area contributed by atoms with Gasteiger partial charge in [-0.25, -0.2) is 0 Å². The van der Waals surface area contributed by atoms with Crippen molar-refractivity contribution in [1.29, 1.82) is 0 Å². The van der Waals surface area contributed by atoms with Crippen LogP contribution in [0.3, 0.4) is 0 Å². The third-order valence-corrected chi connectivity index (χ3v) is 7.14. The Hall–Kier alpha value is -3.20. The predicted octanol–water partition coefficient (Wildman–Crippen LogP) is 6.18. The zero-order chi connectivity index (χ0) is 22.9. The Morgan fingerprint density at radius 1 is 0.939 bits per heavy atom. The van der Waals surface area contributed by atoms with Gasteiger partial charge in [-0.15, -0.1) is 0 Å². The van der Waals surface area contributed by atoms with E-state index in [0.29, 0.717) is 16.5 Å². The van der Waals surface area contributed by atoms with Gasteiger partial charge in [0.15, 0.2) is 10.2 Å². The SMILES string of the molecule is O=C1NC(=S)N(c2ccc3ccccc3c2)C(=O)/C1=C/c1cc(Br)c(Sc2ccccc2)o1. The number of furan rings is 1. The molecule has 2 heterocycles. The van der Waals surface area contributed by atoms with Gasteiger partial charge in [0.05, 0.1) is 10.2 Å². The van der Waals surface area contributed by atoms with E-state index >= 15 is 0 Å². The minimum atomic E-state index is -0.563. The summed E-state index contributed by atoms with van der Waals surface area (Å²) in [5, 5.41) is 5.28. The molecule has 0 radical (unpaired) electrons. The first-order valence-electron chi connectivity index (χ1n) is 9.92. The summed E-state index contributed by atoms with van der Waals surface area (Å²) in [5.74, 6) is -0.694. The van der Waals surface area contributed by atoms with Crippen molar-refractivity contribution in [2.75, 3.05) is 4.90 Å². The van der Waals surface area contributed by atoms with Gasteiger partial charge < -0.3 is 4.42 Å². The van der Waals surface area contributed by atoms with Crippen LogP contribution in [0.4, 0.5) is 5.69 Å². The second-order valence-electron chi connectivity index (χ2n) is 7.19. The highest BCUT2D eigenvalue weighted by Crippen LogP contribution is 2.36. The van der Waals surface area contributed by atoms with E-state index in [1.165, 1.54) is 22.7 Å². The topological polar surface area (TPSA) is 62.6 Å². The first kappa shape index (κ1) is 21.6. The molecule has 8 heteroatoms. The van der Waals surface area contributed by atoms with E-state index in [0.717, 1.165) is 20.1 Å². The number of nitrogens with zero attached hydrogens (tertiary/aromatic N) is 1. The Balaban J connectivity index is 1.47. The van der Waals surface area contributed by atoms with Crippen LogP contribution in [-0.4, -0.2) is 16.9 Å². The van der Waals surface area contributed by atoms with Gasteiger partial charge in [-0.2, -0.15) is 0 Å². The second-order valence-corrected chi connectivity index (χ2v) is 9.48. The van der Waals surface area contributed by atoms with Gasteiger partial charge in [0, 0.05) is 4.90 Å². The molecule has 2 amide bonds. The van der Waals surface area contributed by atoms with Crippen molar-refractivity contribution >= 4 is 79.4 Å². The summed E-state index contributed by atoms with van der Waals surface area (Å²) in [5.41, 5.74) is 0.518. The van der Waals surface area contributed by atoms with E-state index in [-0.39, 0.29) is 10.7 Å². The Labute approximate surface area is 207 Å². The van der Waals surface area contributed by atoms with Gasteiger partial charge in [0.1, 0.15) is 11.3 Å². The van der Waals surface area contributed by atoms with Crippen LogP contribution >= 0.6 is 39.9 Å². The molecule has 33 heavy (non-hydrogen) atoms. The number of carbonyl (C=O) groups is 2. The molecule has 5 nitrogen and oxygen atoms in total. The normalized spacial score (nSPS) is 15.4. The molecule has 1 N–H and O–H groups in total. The van der Waals surface area contributed by atoms with Gasteiger partial charge in [-0.05, 0) is 75.3 Å². The Morgan fingerprint density at radius 3 is 2.45 bits per heavy atom. The summed E-state index contributed by atoms with van der Waals surface area (Å²) in [6.07, 6.45) is 1.44. The van der Waals surface area contributed by atoms with Crippen LogP contribution in [0.25, 0.3) is 16.8 Å². The Bertz CT molecular complexity index is 1450. The van der Waals surface area contributed by atoms with E-state index < -0.39 is 11.8 Å². The maximum absolute atomic E-state index is 13.3. The lowest BCUT2D eigenvalue weighted by Gasteiger charge is -2.29. The first-order chi connectivity index (χ1) is 16.0. The number of hydrogen-bond donors (Lipinski definition) is 1. The molecule has 4 aromatic rings. The number of rotatable bonds is 4. The molecule has 0 spiro atoms. The molecule has 1 aliphatic rings. The molecule has 0 unspecified atom stereocenters. The number of benzene rings is 3. The predicted molar refractivity (Wildman–Crippen MR) is 137 cm³/mol. The molecule has 1 saturated heterocycles. The number of fused-ring (bicyclic) bond motifs is 1. The third-order valence-electron chi connectivity index (χ3n) is 5.01. The van der Waals surface area contributed by atoms with Crippen molar-refractivity contribution in [2.45, 2.75) is 9.99 Å². The second kappa shape index (κ2) is 8.97. The number of amides is 2. The minimum Gasteiger partial charge on any atom is -0.449 e. The van der Waals surface area contributed by atoms with Crippen molar-refractivity contribution in [3.63, 3.8) is 0 Å². The Kier molecular flexibility index (Phi) is 5.88. The van der Waals surface area contributed by atoms with E-state index in [9.17, 15) is 9.59 Å². The van der Waals surface area contributed by atoms with Crippen LogP contribution in [0, 0.1) is 0 Å². The quantitative estimate of drug-likeness (QED) is 0.192. The van der Waals surface area contributed by atoms with Crippen molar-refractivity contribution in [3.8, 4) is 0 Å². The molecule has 5 rings (SSSR count). The van der Waals surface area contributed by atoms with E-state index in [1.807, 2.05) is 66.7 Å². The number of nitrogens with one attached hydrogen (secondary N) is 1. The smallest absolute Gasteiger partial charge is 0.270 e. The number of anilines is 1. The van der Waals surface area contributed by atoms with Crippen molar-refractivity contribution in [1.82, 2.24) is 5.32 Å². The largest absolute Gasteiger partial charge is 0.449 e. The summed E-state index contributed by atoms with van der Waals surface area (Å²) >= 11 is 10.2. The number of halogens is 1. The zero-order valence-corrected chi connectivity index (χ0v) is 20.2. The number of hydrogen-bond acceptors (Lipinski definition) is 5. The van der Waals surface area contributed by atoms with Gasteiger partial charge in [-0.1, -0.05) is 60.3 Å². The molecule has 1 fully saturated rings. The monoisotopic (exact) mass is 534 g/mol. The summed E-state index contributed by atoms with van der Waals surface area (Å²) in [7, 11) is 0. The van der Waals surface area contributed by atoms with Gasteiger partial charge in [0.25, 0.3) is 11.8 Å². The molecular weight excluding hydrogens is 520 g/mol. The standard InChI is InChI=1S/C25H15BrN2O3S2/c26-21-14-18(31-24(21)33-19-8-2-1-3-9-19)13-20-22(29)27-25(32)28(23(20)30)17-11-10-15-6-4-5-7-16(15)12-17/h1-14H,(H,27,29,32)/b20-13+. The number of thiocarbonyl (C=S) groups is 1. The lowest BCUT2D eigenvalue weighted by atomic mass is 10.1. The van der Waals surface area contributed by atoms with Crippen LogP contribution in [-0.2, 0) is 9.59 Å². The van der Waals surface area contributed by atoms with Crippen molar-refractivity contribution in [3.05, 3.63) is 94.7 Å². The fraction of sp³-hybridized carbons (Fsp3) is 0. The van der Waals surface area contributed by atoms with Gasteiger partial charge >= 0.3 is 0 Å². The van der Waals surface area contributed by atoms with Crippen LogP contribution in [0.2, 0.25) is 0 Å². The van der Waals surface area contributed by atoms with Crippen LogP contribution in [0.15, 0.2) is 103 Å². The maximum Gasteiger partial charge on any atom is 0.270 e. The summed E-state index contributed by atoms with van der Waals surface area (Å²) < 4.78 is 6.63. The van der Waals surface area contributed by atoms with Crippen LogP contribution in [0.1, 0.15) is 5.76 Å². The molecular formula is C25H15BrN2O3S2. The molecule has 1 aliphatic heterocycles. The molecule has 0 saturated carbocycles. The lowest BCUT2D eigenvalue weighted by molar-refractivity contribution is -0.122. The maximum atomic E-state index is 13.3. The van der Waals surface area contributed by atoms with Gasteiger partial charge in [-0.3, -0.25) is 19.8 Å². The van der Waals surface area contributed by atoms with Crippen molar-refractivity contribution in [2.24, 2.45) is 0 Å². The fourth-order valence-electron chi connectivity index (χ4n) is 3.46. The first-order valence-corrected chi connectivity index (χ1v) is 11.9. The minimum absolute atomic E-state index is 0.0402. The highest BCUT2D eigenvalue weighted by molar-refractivity contribution is 9.10. The fourth-order valence-corrected chi connectivity index (χ4v) is 5.09. The molecule has 0 atom stereocenters. The average molecular weight is 535 g/mol. The third kappa shape index (κ3) is 4.37. The van der Waals surface area contributed by atoms with E-state index in [1.54, 1.807) is 12.1 Å². The molecule has 162 valence electrons. The highest BCUT2D eigenvalue weighted by Gasteiger charge is 2.35. The molecule has 1 aromatic heterocycles. The summed E-state index contributed by atoms with van der Waals surface area (Å²) in [4.78, 5) is 28.3. The Morgan fingerprint density at radius 2 is 1.67 bits per heavy atom. The van der Waals surface area contributed by atoms with E-state index in [2.05, 4.69) is 21.2 Å². The number of carbonyl (C=O) groups excluding carboxylic acids is 2. The van der Waals surface area contributed by atoms with Crippen LogP contribution < -0.4 is 10.2 Å². The average Bonchev–Trinajstić information content (AvgIpc) is 3.15. The summed E-state index contributed by atoms with van der Waals surface area (Å²) in [6.45, 7) is 0. The van der Waals surface area contributed by atoms with Crippen molar-refractivity contribution < 1.29 is 14.0 Å². The molecule has 0 aliphatic carbocycles. The van der Waals surface area contributed by atoms with Crippen LogP contribution in [0.5, 0.6) is 0 Å².